The lowest BCUT2D eigenvalue weighted by atomic mass is 10.1. The first-order chi connectivity index (χ1) is 6.27. The Kier molecular flexibility index (Phi) is 2.28. The maximum Gasteiger partial charge on any atom is 0.0406 e. The number of halogens is 1. The number of rotatable bonds is 1. The Labute approximate surface area is 83.6 Å². The second-order valence-electron chi connectivity index (χ2n) is 3.31. The summed E-state index contributed by atoms with van der Waals surface area (Å²) in [6.07, 6.45) is 3.41. The van der Waals surface area contributed by atoms with Crippen molar-refractivity contribution in [3.05, 3.63) is 40.9 Å². The Morgan fingerprint density at radius 2 is 1.92 bits per heavy atom. The van der Waals surface area contributed by atoms with Crippen LogP contribution in [0.2, 0.25) is 5.02 Å². The molecule has 68 valence electrons. The molecule has 0 unspecified atom stereocenters. The van der Waals surface area contributed by atoms with Gasteiger partial charge in [-0.15, -0.1) is 0 Å². The summed E-state index contributed by atoms with van der Waals surface area (Å²) in [5.74, 6) is 0. The molecule has 0 radical (unpaired) electrons. The molecule has 1 heterocycles. The SMILES string of the molecule is CN1CCC=C1c1ccc(Cl)cc1. The van der Waals surface area contributed by atoms with E-state index in [-0.39, 0.29) is 0 Å². The highest BCUT2D eigenvalue weighted by atomic mass is 35.5. The first-order valence-corrected chi connectivity index (χ1v) is 4.82. The van der Waals surface area contributed by atoms with Crippen LogP contribution >= 0.6 is 11.6 Å². The first kappa shape index (κ1) is 8.64. The van der Waals surface area contributed by atoms with Crippen molar-refractivity contribution >= 4 is 17.3 Å². The highest BCUT2D eigenvalue weighted by Gasteiger charge is 2.11. The van der Waals surface area contributed by atoms with Crippen LogP contribution in [0.1, 0.15) is 12.0 Å². The van der Waals surface area contributed by atoms with Crippen LogP contribution in [0.5, 0.6) is 0 Å². The minimum atomic E-state index is 0.796. The average Bonchev–Trinajstić information content (AvgIpc) is 2.53. The molecular formula is C11H12ClN. The van der Waals surface area contributed by atoms with Crippen molar-refractivity contribution in [1.82, 2.24) is 4.90 Å². The lowest BCUT2D eigenvalue weighted by Gasteiger charge is -2.16. The van der Waals surface area contributed by atoms with Crippen LogP contribution in [0.4, 0.5) is 0 Å². The van der Waals surface area contributed by atoms with E-state index in [0.717, 1.165) is 18.0 Å². The summed E-state index contributed by atoms with van der Waals surface area (Å²) in [4.78, 5) is 2.27. The van der Waals surface area contributed by atoms with Crippen molar-refractivity contribution in [3.8, 4) is 0 Å². The van der Waals surface area contributed by atoms with E-state index in [1.807, 2.05) is 12.1 Å². The fourth-order valence-corrected chi connectivity index (χ4v) is 1.76. The Morgan fingerprint density at radius 1 is 1.23 bits per heavy atom. The highest BCUT2D eigenvalue weighted by molar-refractivity contribution is 6.30. The second kappa shape index (κ2) is 3.43. The van der Waals surface area contributed by atoms with Crippen molar-refractivity contribution in [2.45, 2.75) is 6.42 Å². The topological polar surface area (TPSA) is 3.24 Å². The molecule has 0 fully saturated rings. The zero-order valence-corrected chi connectivity index (χ0v) is 8.38. The molecule has 0 saturated carbocycles. The molecule has 1 aromatic rings. The van der Waals surface area contributed by atoms with E-state index in [9.17, 15) is 0 Å². The number of nitrogens with zero attached hydrogens (tertiary/aromatic N) is 1. The van der Waals surface area contributed by atoms with E-state index < -0.39 is 0 Å². The summed E-state index contributed by atoms with van der Waals surface area (Å²) in [7, 11) is 2.12. The Bertz CT molecular complexity index is 326. The van der Waals surface area contributed by atoms with Gasteiger partial charge < -0.3 is 4.90 Å². The molecule has 0 saturated heterocycles. The van der Waals surface area contributed by atoms with Gasteiger partial charge in [0.05, 0.1) is 0 Å². The van der Waals surface area contributed by atoms with Gasteiger partial charge in [-0.25, -0.2) is 0 Å². The molecule has 2 heteroatoms. The maximum atomic E-state index is 5.82. The third-order valence-corrected chi connectivity index (χ3v) is 2.61. The molecule has 2 rings (SSSR count). The van der Waals surface area contributed by atoms with Gasteiger partial charge in [-0.1, -0.05) is 29.8 Å². The minimum absolute atomic E-state index is 0.796. The smallest absolute Gasteiger partial charge is 0.0406 e. The molecule has 0 aromatic heterocycles. The molecule has 1 aliphatic rings. The van der Waals surface area contributed by atoms with Crippen molar-refractivity contribution in [1.29, 1.82) is 0 Å². The van der Waals surface area contributed by atoms with Gasteiger partial charge in [-0.2, -0.15) is 0 Å². The molecule has 1 aromatic carbocycles. The molecule has 1 nitrogen and oxygen atoms in total. The van der Waals surface area contributed by atoms with Crippen LogP contribution in [0.15, 0.2) is 30.3 Å². The third kappa shape index (κ3) is 1.70. The van der Waals surface area contributed by atoms with Crippen molar-refractivity contribution in [2.24, 2.45) is 0 Å². The molecule has 13 heavy (non-hydrogen) atoms. The number of hydrogen-bond acceptors (Lipinski definition) is 1. The average molecular weight is 194 g/mol. The van der Waals surface area contributed by atoms with Gasteiger partial charge in [0, 0.05) is 24.3 Å². The molecule has 1 aliphatic heterocycles. The summed E-state index contributed by atoms with van der Waals surface area (Å²) >= 11 is 5.82. The lowest BCUT2D eigenvalue weighted by molar-refractivity contribution is 0.517. The Balaban J connectivity index is 2.30. The number of hydrogen-bond donors (Lipinski definition) is 0. The number of benzene rings is 1. The minimum Gasteiger partial charge on any atom is -0.374 e. The van der Waals surface area contributed by atoms with E-state index in [2.05, 4.69) is 30.2 Å². The van der Waals surface area contributed by atoms with E-state index in [1.165, 1.54) is 11.3 Å². The summed E-state index contributed by atoms with van der Waals surface area (Å²) in [5.41, 5.74) is 2.57. The van der Waals surface area contributed by atoms with Gasteiger partial charge in [0.15, 0.2) is 0 Å². The van der Waals surface area contributed by atoms with Crippen LogP contribution in [0.25, 0.3) is 5.70 Å². The van der Waals surface area contributed by atoms with Crippen LogP contribution in [0, 0.1) is 0 Å². The van der Waals surface area contributed by atoms with E-state index >= 15 is 0 Å². The molecule has 0 spiro atoms. The zero-order chi connectivity index (χ0) is 9.26. The molecular weight excluding hydrogens is 182 g/mol. The van der Waals surface area contributed by atoms with Gasteiger partial charge in [0.25, 0.3) is 0 Å². The van der Waals surface area contributed by atoms with E-state index in [1.54, 1.807) is 0 Å². The van der Waals surface area contributed by atoms with Gasteiger partial charge in [0.1, 0.15) is 0 Å². The van der Waals surface area contributed by atoms with Crippen LogP contribution in [-0.2, 0) is 0 Å². The first-order valence-electron chi connectivity index (χ1n) is 4.44. The zero-order valence-electron chi connectivity index (χ0n) is 7.63. The fourth-order valence-electron chi connectivity index (χ4n) is 1.63. The molecule has 0 amide bonds. The maximum absolute atomic E-state index is 5.82. The monoisotopic (exact) mass is 193 g/mol. The summed E-state index contributed by atoms with van der Waals surface area (Å²) in [6, 6.07) is 8.00. The quantitative estimate of drug-likeness (QED) is 0.663. The standard InChI is InChI=1S/C11H12ClN/c1-13-8-2-3-11(13)9-4-6-10(12)7-5-9/h3-7H,2,8H2,1H3. The van der Waals surface area contributed by atoms with E-state index in [0.29, 0.717) is 0 Å². The largest absolute Gasteiger partial charge is 0.374 e. The third-order valence-electron chi connectivity index (χ3n) is 2.35. The van der Waals surface area contributed by atoms with E-state index in [4.69, 9.17) is 11.6 Å². The fraction of sp³-hybridized carbons (Fsp3) is 0.273. The Hall–Kier alpha value is -0.950. The van der Waals surface area contributed by atoms with Gasteiger partial charge >= 0.3 is 0 Å². The lowest BCUT2D eigenvalue weighted by Crippen LogP contribution is -2.11. The molecule has 0 bridgehead atoms. The van der Waals surface area contributed by atoms with Crippen molar-refractivity contribution < 1.29 is 0 Å². The molecule has 0 aliphatic carbocycles. The highest BCUT2D eigenvalue weighted by Crippen LogP contribution is 2.24. The van der Waals surface area contributed by atoms with Gasteiger partial charge in [-0.3, -0.25) is 0 Å². The van der Waals surface area contributed by atoms with Crippen LogP contribution < -0.4 is 0 Å². The predicted octanol–water partition coefficient (Wildman–Crippen LogP) is 3.02. The Morgan fingerprint density at radius 3 is 2.46 bits per heavy atom. The summed E-state index contributed by atoms with van der Waals surface area (Å²) < 4.78 is 0. The molecule has 0 atom stereocenters. The summed E-state index contributed by atoms with van der Waals surface area (Å²) in [5, 5.41) is 0.796. The molecule has 0 N–H and O–H groups in total. The van der Waals surface area contributed by atoms with Crippen molar-refractivity contribution in [3.63, 3.8) is 0 Å². The normalized spacial score (nSPS) is 16.2. The predicted molar refractivity (Wildman–Crippen MR) is 56.7 cm³/mol. The summed E-state index contributed by atoms with van der Waals surface area (Å²) in [6.45, 7) is 1.12. The van der Waals surface area contributed by atoms with Crippen molar-refractivity contribution in [2.75, 3.05) is 13.6 Å². The van der Waals surface area contributed by atoms with Gasteiger partial charge in [-0.05, 0) is 24.1 Å². The van der Waals surface area contributed by atoms with Gasteiger partial charge in [0.2, 0.25) is 0 Å². The van der Waals surface area contributed by atoms with Crippen LogP contribution in [-0.4, -0.2) is 18.5 Å². The second-order valence-corrected chi connectivity index (χ2v) is 3.74. The van der Waals surface area contributed by atoms with Crippen LogP contribution in [0.3, 0.4) is 0 Å².